The fourth-order valence-electron chi connectivity index (χ4n) is 3.33. The lowest BCUT2D eigenvalue weighted by molar-refractivity contribution is 0.0597. The van der Waals surface area contributed by atoms with E-state index >= 15 is 0 Å². The molecule has 0 saturated carbocycles. The van der Waals surface area contributed by atoms with Gasteiger partial charge in [-0.05, 0) is 40.2 Å². The summed E-state index contributed by atoms with van der Waals surface area (Å²) in [5.74, 6) is 0.890. The minimum atomic E-state index is 0.0720. The second-order valence-electron chi connectivity index (χ2n) is 6.42. The Hall–Kier alpha value is -2.40. The molecule has 1 aromatic heterocycles. The van der Waals surface area contributed by atoms with E-state index in [-0.39, 0.29) is 12.0 Å². The number of aromatic nitrogens is 1. The normalized spacial score (nSPS) is 15.2. The number of pyridine rings is 1. The standard InChI is InChI=1S/C21H19BrN2O2/c22-18-8-2-1-7-17(18)21(25)24-13-10-16(11-14-24)26-19-9-3-5-15-6-4-12-23-20(15)19/h1-9,12,16H,10-11,13-14H2. The minimum Gasteiger partial charge on any atom is -0.488 e. The van der Waals surface area contributed by atoms with Crippen LogP contribution in [0.1, 0.15) is 23.2 Å². The van der Waals surface area contributed by atoms with Crippen LogP contribution in [-0.4, -0.2) is 35.0 Å². The van der Waals surface area contributed by atoms with E-state index in [4.69, 9.17) is 4.74 Å². The molecule has 5 heteroatoms. The van der Waals surface area contributed by atoms with Crippen molar-refractivity contribution in [3.05, 3.63) is 70.8 Å². The van der Waals surface area contributed by atoms with Crippen molar-refractivity contribution in [3.63, 3.8) is 0 Å². The predicted molar refractivity (Wildman–Crippen MR) is 105 cm³/mol. The van der Waals surface area contributed by atoms with Gasteiger partial charge in [0.1, 0.15) is 17.4 Å². The van der Waals surface area contributed by atoms with Crippen LogP contribution in [0.15, 0.2) is 65.3 Å². The Labute approximate surface area is 160 Å². The Bertz CT molecular complexity index is 931. The van der Waals surface area contributed by atoms with Gasteiger partial charge in [-0.15, -0.1) is 0 Å². The number of hydrogen-bond acceptors (Lipinski definition) is 3. The van der Waals surface area contributed by atoms with E-state index in [1.165, 1.54) is 0 Å². The molecule has 0 radical (unpaired) electrons. The first-order valence-corrected chi connectivity index (χ1v) is 9.56. The van der Waals surface area contributed by atoms with E-state index < -0.39 is 0 Å². The number of nitrogens with zero attached hydrogens (tertiary/aromatic N) is 2. The average Bonchev–Trinajstić information content (AvgIpc) is 2.69. The van der Waals surface area contributed by atoms with Gasteiger partial charge in [-0.3, -0.25) is 9.78 Å². The Morgan fingerprint density at radius 3 is 2.62 bits per heavy atom. The van der Waals surface area contributed by atoms with Gasteiger partial charge < -0.3 is 9.64 Å². The van der Waals surface area contributed by atoms with Crippen molar-refractivity contribution >= 4 is 32.7 Å². The maximum atomic E-state index is 12.7. The van der Waals surface area contributed by atoms with Crippen LogP contribution in [0.2, 0.25) is 0 Å². The Balaban J connectivity index is 1.42. The maximum absolute atomic E-state index is 12.7. The summed E-state index contributed by atoms with van der Waals surface area (Å²) in [6.07, 6.45) is 3.53. The van der Waals surface area contributed by atoms with Crippen LogP contribution in [0.4, 0.5) is 0 Å². The molecule has 0 spiro atoms. The fourth-order valence-corrected chi connectivity index (χ4v) is 3.79. The number of halogens is 1. The molecular formula is C21H19BrN2O2. The summed E-state index contributed by atoms with van der Waals surface area (Å²) in [6.45, 7) is 1.39. The molecule has 0 N–H and O–H groups in total. The van der Waals surface area contributed by atoms with Crippen molar-refractivity contribution < 1.29 is 9.53 Å². The smallest absolute Gasteiger partial charge is 0.255 e. The number of amides is 1. The van der Waals surface area contributed by atoms with Crippen LogP contribution in [0.25, 0.3) is 10.9 Å². The largest absolute Gasteiger partial charge is 0.488 e. The van der Waals surface area contributed by atoms with Crippen LogP contribution in [0.3, 0.4) is 0 Å². The number of benzene rings is 2. The molecule has 0 unspecified atom stereocenters. The fraction of sp³-hybridized carbons (Fsp3) is 0.238. The molecule has 2 aromatic carbocycles. The molecule has 1 aliphatic rings. The van der Waals surface area contributed by atoms with Crippen LogP contribution < -0.4 is 4.74 Å². The highest BCUT2D eigenvalue weighted by Gasteiger charge is 2.26. The molecule has 1 fully saturated rings. The highest BCUT2D eigenvalue weighted by Crippen LogP contribution is 2.27. The zero-order valence-electron chi connectivity index (χ0n) is 14.3. The number of piperidine rings is 1. The third-order valence-electron chi connectivity index (χ3n) is 4.72. The van der Waals surface area contributed by atoms with Gasteiger partial charge in [0.2, 0.25) is 0 Å². The molecule has 0 aliphatic carbocycles. The Morgan fingerprint density at radius 2 is 1.81 bits per heavy atom. The summed E-state index contributed by atoms with van der Waals surface area (Å²) in [5, 5.41) is 1.08. The van der Waals surface area contributed by atoms with Crippen molar-refractivity contribution in [1.29, 1.82) is 0 Å². The van der Waals surface area contributed by atoms with Crippen molar-refractivity contribution in [2.24, 2.45) is 0 Å². The lowest BCUT2D eigenvalue weighted by atomic mass is 10.1. The number of para-hydroxylation sites is 1. The van der Waals surface area contributed by atoms with Gasteiger partial charge in [0.25, 0.3) is 5.91 Å². The maximum Gasteiger partial charge on any atom is 0.255 e. The second kappa shape index (κ2) is 7.46. The van der Waals surface area contributed by atoms with Crippen LogP contribution in [0.5, 0.6) is 5.75 Å². The summed E-state index contributed by atoms with van der Waals surface area (Å²) in [6, 6.07) is 17.5. The van der Waals surface area contributed by atoms with Crippen molar-refractivity contribution in [2.75, 3.05) is 13.1 Å². The molecule has 132 valence electrons. The van der Waals surface area contributed by atoms with E-state index in [9.17, 15) is 4.79 Å². The lowest BCUT2D eigenvalue weighted by Crippen LogP contribution is -2.41. The van der Waals surface area contributed by atoms with Crippen LogP contribution >= 0.6 is 15.9 Å². The van der Waals surface area contributed by atoms with Gasteiger partial charge in [-0.25, -0.2) is 0 Å². The third-order valence-corrected chi connectivity index (χ3v) is 5.41. The molecule has 3 aromatic rings. The quantitative estimate of drug-likeness (QED) is 0.629. The summed E-state index contributed by atoms with van der Waals surface area (Å²) in [5.41, 5.74) is 1.60. The molecule has 4 rings (SSSR count). The summed E-state index contributed by atoms with van der Waals surface area (Å²) < 4.78 is 7.05. The van der Waals surface area contributed by atoms with Gasteiger partial charge in [-0.2, -0.15) is 0 Å². The second-order valence-corrected chi connectivity index (χ2v) is 7.27. The van der Waals surface area contributed by atoms with Gasteiger partial charge in [0.05, 0.1) is 5.56 Å². The van der Waals surface area contributed by atoms with Crippen LogP contribution in [0, 0.1) is 0 Å². The highest BCUT2D eigenvalue weighted by molar-refractivity contribution is 9.10. The van der Waals surface area contributed by atoms with Crippen molar-refractivity contribution in [3.8, 4) is 5.75 Å². The number of carbonyl (C=O) groups excluding carboxylic acids is 1. The molecule has 2 heterocycles. The first-order valence-electron chi connectivity index (χ1n) is 8.76. The zero-order valence-corrected chi connectivity index (χ0v) is 15.9. The van der Waals surface area contributed by atoms with E-state index in [1.807, 2.05) is 59.5 Å². The number of fused-ring (bicyclic) bond motifs is 1. The van der Waals surface area contributed by atoms with E-state index in [1.54, 1.807) is 6.20 Å². The van der Waals surface area contributed by atoms with E-state index in [2.05, 4.69) is 20.9 Å². The first-order chi connectivity index (χ1) is 12.7. The highest BCUT2D eigenvalue weighted by atomic mass is 79.9. The van der Waals surface area contributed by atoms with Gasteiger partial charge in [0.15, 0.2) is 0 Å². The molecule has 0 atom stereocenters. The summed E-state index contributed by atoms with van der Waals surface area (Å²) >= 11 is 3.46. The summed E-state index contributed by atoms with van der Waals surface area (Å²) in [4.78, 5) is 19.1. The number of hydrogen-bond donors (Lipinski definition) is 0. The molecule has 1 saturated heterocycles. The van der Waals surface area contributed by atoms with Crippen LogP contribution in [-0.2, 0) is 0 Å². The molecule has 0 bridgehead atoms. The molecule has 26 heavy (non-hydrogen) atoms. The minimum absolute atomic E-state index is 0.0720. The average molecular weight is 411 g/mol. The van der Waals surface area contributed by atoms with Gasteiger partial charge >= 0.3 is 0 Å². The lowest BCUT2D eigenvalue weighted by Gasteiger charge is -2.32. The van der Waals surface area contributed by atoms with Crippen molar-refractivity contribution in [1.82, 2.24) is 9.88 Å². The predicted octanol–water partition coefficient (Wildman–Crippen LogP) is 4.68. The number of likely N-dealkylation sites (tertiary alicyclic amines) is 1. The third kappa shape index (κ3) is 3.44. The van der Waals surface area contributed by atoms with E-state index in [0.29, 0.717) is 18.7 Å². The molecule has 1 aliphatic heterocycles. The number of carbonyl (C=O) groups is 1. The van der Waals surface area contributed by atoms with Crippen molar-refractivity contribution in [2.45, 2.75) is 18.9 Å². The molecule has 4 nitrogen and oxygen atoms in total. The van der Waals surface area contributed by atoms with Gasteiger partial charge in [-0.1, -0.05) is 30.3 Å². The SMILES string of the molecule is O=C(c1ccccc1Br)N1CCC(Oc2cccc3cccnc23)CC1. The topological polar surface area (TPSA) is 42.4 Å². The first kappa shape index (κ1) is 17.0. The Kier molecular flexibility index (Phi) is 4.89. The monoisotopic (exact) mass is 410 g/mol. The molecule has 1 amide bonds. The van der Waals surface area contributed by atoms with Gasteiger partial charge in [0, 0.05) is 42.0 Å². The van der Waals surface area contributed by atoms with E-state index in [0.717, 1.165) is 34.0 Å². The Morgan fingerprint density at radius 1 is 1.04 bits per heavy atom. The number of rotatable bonds is 3. The number of ether oxygens (including phenoxy) is 1. The summed E-state index contributed by atoms with van der Waals surface area (Å²) in [7, 11) is 0. The zero-order chi connectivity index (χ0) is 17.9. The molecular weight excluding hydrogens is 392 g/mol.